The second kappa shape index (κ2) is 8.49. The monoisotopic (exact) mass is 355 g/mol. The largest absolute Gasteiger partial charge is 0.496 e. The van der Waals surface area contributed by atoms with Gasteiger partial charge in [0.25, 0.3) is 0 Å². The van der Waals surface area contributed by atoms with Crippen LogP contribution in [-0.4, -0.2) is 41.4 Å². The van der Waals surface area contributed by atoms with Crippen LogP contribution in [0.2, 0.25) is 0 Å². The Labute approximate surface area is 156 Å². The van der Waals surface area contributed by atoms with Crippen LogP contribution in [0.3, 0.4) is 0 Å². The molecule has 3 rings (SSSR count). The third-order valence-electron chi connectivity index (χ3n) is 5.17. The van der Waals surface area contributed by atoms with Gasteiger partial charge in [0.15, 0.2) is 0 Å². The second-order valence-electron chi connectivity index (χ2n) is 7.23. The normalized spacial score (nSPS) is 17.6. The number of aliphatic hydroxyl groups excluding tert-OH is 1. The van der Waals surface area contributed by atoms with Gasteiger partial charge in [-0.25, -0.2) is 4.98 Å². The highest BCUT2D eigenvalue weighted by molar-refractivity contribution is 5.69. The molecule has 1 saturated heterocycles. The SMILES string of the molecule is COc1ccc(C(C)C)cc1-c1cncc(N2CCCCC2CCO)n1. The molecule has 1 N–H and O–H groups in total. The molecule has 5 heteroatoms. The maximum atomic E-state index is 9.39. The van der Waals surface area contributed by atoms with Crippen LogP contribution in [0.5, 0.6) is 5.75 Å². The summed E-state index contributed by atoms with van der Waals surface area (Å²) < 4.78 is 5.57. The van der Waals surface area contributed by atoms with Gasteiger partial charge in [0, 0.05) is 24.8 Å². The molecular formula is C21H29N3O2. The van der Waals surface area contributed by atoms with E-state index in [1.807, 2.05) is 12.3 Å². The maximum Gasteiger partial charge on any atom is 0.148 e. The lowest BCUT2D eigenvalue weighted by molar-refractivity contribution is 0.262. The molecule has 1 aliphatic heterocycles. The number of nitrogens with zero attached hydrogens (tertiary/aromatic N) is 3. The topological polar surface area (TPSA) is 58.5 Å². The van der Waals surface area contributed by atoms with Gasteiger partial charge in [0.1, 0.15) is 11.6 Å². The highest BCUT2D eigenvalue weighted by Gasteiger charge is 2.24. The summed E-state index contributed by atoms with van der Waals surface area (Å²) in [7, 11) is 1.69. The summed E-state index contributed by atoms with van der Waals surface area (Å²) in [5.41, 5.74) is 3.06. The molecule has 140 valence electrons. The van der Waals surface area contributed by atoms with Crippen LogP contribution in [0.1, 0.15) is 51.0 Å². The standard InChI is InChI=1S/C21H29N3O2/c1-15(2)16-7-8-20(26-3)18(12-16)19-13-22-14-21(23-19)24-10-5-4-6-17(24)9-11-25/h7-8,12-15,17,25H,4-6,9-11H2,1-3H3. The van der Waals surface area contributed by atoms with Crippen molar-refractivity contribution in [3.63, 3.8) is 0 Å². The first-order chi connectivity index (χ1) is 12.6. The van der Waals surface area contributed by atoms with E-state index in [1.165, 1.54) is 12.0 Å². The van der Waals surface area contributed by atoms with E-state index in [4.69, 9.17) is 9.72 Å². The second-order valence-corrected chi connectivity index (χ2v) is 7.23. The van der Waals surface area contributed by atoms with Crippen molar-refractivity contribution < 1.29 is 9.84 Å². The van der Waals surface area contributed by atoms with Gasteiger partial charge in [-0.15, -0.1) is 0 Å². The van der Waals surface area contributed by atoms with Crippen molar-refractivity contribution in [1.82, 2.24) is 9.97 Å². The summed E-state index contributed by atoms with van der Waals surface area (Å²) in [4.78, 5) is 11.7. The van der Waals surface area contributed by atoms with Crippen LogP contribution < -0.4 is 9.64 Å². The summed E-state index contributed by atoms with van der Waals surface area (Å²) in [6.45, 7) is 5.53. The van der Waals surface area contributed by atoms with Gasteiger partial charge < -0.3 is 14.7 Å². The lowest BCUT2D eigenvalue weighted by atomic mass is 9.98. The molecule has 1 atom stereocenters. The summed E-state index contributed by atoms with van der Waals surface area (Å²) in [6, 6.07) is 6.60. The lowest BCUT2D eigenvalue weighted by Crippen LogP contribution is -2.40. The molecule has 2 heterocycles. The zero-order chi connectivity index (χ0) is 18.5. The highest BCUT2D eigenvalue weighted by Crippen LogP contribution is 2.33. The van der Waals surface area contributed by atoms with Crippen molar-refractivity contribution in [2.45, 2.75) is 51.5 Å². The van der Waals surface area contributed by atoms with Gasteiger partial charge in [-0.1, -0.05) is 19.9 Å². The summed E-state index contributed by atoms with van der Waals surface area (Å²) in [6.07, 6.45) is 7.86. The Bertz CT molecular complexity index is 731. The Morgan fingerprint density at radius 3 is 2.85 bits per heavy atom. The summed E-state index contributed by atoms with van der Waals surface area (Å²) >= 11 is 0. The maximum absolute atomic E-state index is 9.39. The fourth-order valence-electron chi connectivity index (χ4n) is 3.66. The van der Waals surface area contributed by atoms with Gasteiger partial charge in [-0.2, -0.15) is 0 Å². The smallest absolute Gasteiger partial charge is 0.148 e. The average molecular weight is 355 g/mol. The summed E-state index contributed by atoms with van der Waals surface area (Å²) in [5.74, 6) is 2.14. The molecule has 1 aliphatic rings. The quantitative estimate of drug-likeness (QED) is 0.848. The van der Waals surface area contributed by atoms with E-state index in [9.17, 15) is 5.11 Å². The molecule has 1 aromatic heterocycles. The Hall–Kier alpha value is -2.14. The molecular weight excluding hydrogens is 326 g/mol. The Morgan fingerprint density at radius 1 is 1.27 bits per heavy atom. The highest BCUT2D eigenvalue weighted by atomic mass is 16.5. The van der Waals surface area contributed by atoms with E-state index in [2.05, 4.69) is 35.9 Å². The number of methoxy groups -OCH3 is 1. The van der Waals surface area contributed by atoms with Gasteiger partial charge in [-0.05, 0) is 49.3 Å². The van der Waals surface area contributed by atoms with E-state index in [0.717, 1.165) is 48.6 Å². The first-order valence-electron chi connectivity index (χ1n) is 9.52. The van der Waals surface area contributed by atoms with E-state index in [-0.39, 0.29) is 6.61 Å². The van der Waals surface area contributed by atoms with Crippen molar-refractivity contribution in [1.29, 1.82) is 0 Å². The Balaban J connectivity index is 1.98. The first-order valence-corrected chi connectivity index (χ1v) is 9.52. The van der Waals surface area contributed by atoms with Crippen LogP contribution in [0.4, 0.5) is 5.82 Å². The van der Waals surface area contributed by atoms with Gasteiger partial charge >= 0.3 is 0 Å². The van der Waals surface area contributed by atoms with Crippen molar-refractivity contribution in [2.24, 2.45) is 0 Å². The van der Waals surface area contributed by atoms with Gasteiger partial charge in [0.05, 0.1) is 25.2 Å². The number of piperidine rings is 1. The molecule has 2 aromatic rings. The minimum Gasteiger partial charge on any atom is -0.496 e. The number of hydrogen-bond donors (Lipinski definition) is 1. The number of anilines is 1. The summed E-state index contributed by atoms with van der Waals surface area (Å²) in [5, 5.41) is 9.39. The zero-order valence-electron chi connectivity index (χ0n) is 16.0. The molecule has 26 heavy (non-hydrogen) atoms. The molecule has 1 fully saturated rings. The average Bonchev–Trinajstić information content (AvgIpc) is 2.68. The minimum atomic E-state index is 0.207. The van der Waals surface area contributed by atoms with Crippen LogP contribution in [0, 0.1) is 0 Å². The Kier molecular flexibility index (Phi) is 6.09. The van der Waals surface area contributed by atoms with Gasteiger partial charge in [-0.3, -0.25) is 4.98 Å². The molecule has 0 amide bonds. The third kappa shape index (κ3) is 3.98. The molecule has 0 spiro atoms. The fraction of sp³-hybridized carbons (Fsp3) is 0.524. The predicted molar refractivity (Wildman–Crippen MR) is 105 cm³/mol. The lowest BCUT2D eigenvalue weighted by Gasteiger charge is -2.36. The number of hydrogen-bond acceptors (Lipinski definition) is 5. The molecule has 1 aromatic carbocycles. The molecule has 0 aliphatic carbocycles. The van der Waals surface area contributed by atoms with E-state index >= 15 is 0 Å². The van der Waals surface area contributed by atoms with E-state index in [0.29, 0.717) is 12.0 Å². The number of ether oxygens (including phenoxy) is 1. The van der Waals surface area contributed by atoms with Crippen LogP contribution >= 0.6 is 0 Å². The van der Waals surface area contributed by atoms with E-state index in [1.54, 1.807) is 13.3 Å². The van der Waals surface area contributed by atoms with E-state index < -0.39 is 0 Å². The minimum absolute atomic E-state index is 0.207. The van der Waals surface area contributed by atoms with Crippen molar-refractivity contribution in [2.75, 3.05) is 25.2 Å². The number of rotatable bonds is 6. The Morgan fingerprint density at radius 2 is 2.12 bits per heavy atom. The molecule has 0 bridgehead atoms. The number of aromatic nitrogens is 2. The van der Waals surface area contributed by atoms with Crippen molar-refractivity contribution in [3.05, 3.63) is 36.2 Å². The van der Waals surface area contributed by atoms with Gasteiger partial charge in [0.2, 0.25) is 0 Å². The number of benzene rings is 1. The molecule has 0 radical (unpaired) electrons. The molecule has 1 unspecified atom stereocenters. The zero-order valence-corrected chi connectivity index (χ0v) is 16.0. The van der Waals surface area contributed by atoms with Crippen molar-refractivity contribution in [3.8, 4) is 17.0 Å². The van der Waals surface area contributed by atoms with Crippen molar-refractivity contribution >= 4 is 5.82 Å². The fourth-order valence-corrected chi connectivity index (χ4v) is 3.66. The van der Waals surface area contributed by atoms with Crippen LogP contribution in [0.15, 0.2) is 30.6 Å². The molecule has 5 nitrogen and oxygen atoms in total. The van der Waals surface area contributed by atoms with Crippen LogP contribution in [0.25, 0.3) is 11.3 Å². The van der Waals surface area contributed by atoms with Crippen LogP contribution in [-0.2, 0) is 0 Å². The third-order valence-corrected chi connectivity index (χ3v) is 5.17. The molecule has 0 saturated carbocycles. The first kappa shape index (κ1) is 18.6. The predicted octanol–water partition coefficient (Wildman–Crippen LogP) is 4.02. The number of aliphatic hydroxyl groups is 1.